The highest BCUT2D eigenvalue weighted by atomic mass is 32.2. The number of ether oxygens (including phenoxy) is 2. The van der Waals surface area contributed by atoms with E-state index >= 15 is 0 Å². The van der Waals surface area contributed by atoms with Crippen LogP contribution in [0.5, 0.6) is 11.5 Å². The molecule has 0 spiro atoms. The molecule has 1 heterocycles. The van der Waals surface area contributed by atoms with Gasteiger partial charge in [0.15, 0.2) is 11.5 Å². The van der Waals surface area contributed by atoms with E-state index < -0.39 is 10.0 Å². The van der Waals surface area contributed by atoms with E-state index in [0.29, 0.717) is 49.1 Å². The van der Waals surface area contributed by atoms with Crippen molar-refractivity contribution in [2.24, 2.45) is 0 Å². The van der Waals surface area contributed by atoms with Gasteiger partial charge in [-0.15, -0.1) is 0 Å². The largest absolute Gasteiger partial charge is 0.490 e. The zero-order chi connectivity index (χ0) is 21.6. The van der Waals surface area contributed by atoms with Crippen LogP contribution >= 0.6 is 0 Å². The van der Waals surface area contributed by atoms with E-state index in [0.717, 1.165) is 5.56 Å². The number of amides is 1. The van der Waals surface area contributed by atoms with Crippen molar-refractivity contribution in [1.82, 2.24) is 0 Å². The maximum Gasteiger partial charge on any atom is 0.248 e. The number of anilines is 2. The summed E-state index contributed by atoms with van der Waals surface area (Å²) in [6.45, 7) is 5.30. The third-order valence-electron chi connectivity index (χ3n) is 4.52. The van der Waals surface area contributed by atoms with Gasteiger partial charge in [-0.25, -0.2) is 8.42 Å². The summed E-state index contributed by atoms with van der Waals surface area (Å²) in [5.74, 6) is 1.11. The number of benzene rings is 2. The Bertz CT molecular complexity index is 1020. The highest BCUT2D eigenvalue weighted by molar-refractivity contribution is 7.93. The Morgan fingerprint density at radius 3 is 2.40 bits per heavy atom. The summed E-state index contributed by atoms with van der Waals surface area (Å²) >= 11 is 0. The number of hydrogen-bond donors (Lipinski definition) is 1. The fourth-order valence-electron chi connectivity index (χ4n) is 3.17. The fraction of sp³-hybridized carbons (Fsp3) is 0.318. The summed E-state index contributed by atoms with van der Waals surface area (Å²) in [6, 6.07) is 12.3. The number of nitrogens with one attached hydrogen (secondary N) is 1. The summed E-state index contributed by atoms with van der Waals surface area (Å²) in [6.07, 6.45) is 3.74. The van der Waals surface area contributed by atoms with Gasteiger partial charge in [0, 0.05) is 24.4 Å². The Morgan fingerprint density at radius 1 is 1.07 bits per heavy atom. The molecule has 160 valence electrons. The van der Waals surface area contributed by atoms with Crippen LogP contribution in [0.2, 0.25) is 0 Å². The molecule has 8 heteroatoms. The van der Waals surface area contributed by atoms with E-state index in [-0.39, 0.29) is 11.7 Å². The number of carbonyl (C=O) groups excluding carboxylic acids is 1. The van der Waals surface area contributed by atoms with Gasteiger partial charge >= 0.3 is 0 Å². The Labute approximate surface area is 177 Å². The Hall–Kier alpha value is -3.00. The van der Waals surface area contributed by atoms with Crippen molar-refractivity contribution in [3.8, 4) is 11.5 Å². The molecule has 0 aliphatic carbocycles. The summed E-state index contributed by atoms with van der Waals surface area (Å²) in [5.41, 5.74) is 2.05. The lowest BCUT2D eigenvalue weighted by molar-refractivity contribution is -0.111. The molecule has 0 aromatic heterocycles. The zero-order valence-corrected chi connectivity index (χ0v) is 17.9. The Balaban J connectivity index is 1.64. The molecule has 3 rings (SSSR count). The van der Waals surface area contributed by atoms with Crippen molar-refractivity contribution >= 4 is 33.4 Å². The normalized spacial score (nSPS) is 15.3. The molecular formula is C22H26N2O5S. The van der Waals surface area contributed by atoms with Gasteiger partial charge in [-0.05, 0) is 56.2 Å². The average molecular weight is 431 g/mol. The highest BCUT2D eigenvalue weighted by Gasteiger charge is 2.28. The predicted octanol–water partition coefficient (Wildman–Crippen LogP) is 3.68. The third kappa shape index (κ3) is 5.33. The topological polar surface area (TPSA) is 84.9 Å². The molecule has 1 aliphatic heterocycles. The van der Waals surface area contributed by atoms with E-state index in [9.17, 15) is 13.2 Å². The molecule has 1 fully saturated rings. The molecule has 2 aromatic carbocycles. The molecule has 0 unspecified atom stereocenters. The summed E-state index contributed by atoms with van der Waals surface area (Å²) in [5, 5.41) is 2.80. The lowest BCUT2D eigenvalue weighted by atomic mass is 10.2. The van der Waals surface area contributed by atoms with Gasteiger partial charge < -0.3 is 14.8 Å². The molecule has 0 saturated carbocycles. The molecule has 0 radical (unpaired) electrons. The van der Waals surface area contributed by atoms with Gasteiger partial charge in [-0.1, -0.05) is 12.1 Å². The standard InChI is InChI=1S/C22H26N2O5S/c1-3-28-20-12-9-18(16-21(20)29-4-2)23-22(25)13-8-17-6-10-19(11-7-17)24-14-5-15-30(24,26)27/h6-13,16H,3-5,14-15H2,1-2H3,(H,23,25)/b13-8+. The first kappa shape index (κ1) is 21.7. The minimum Gasteiger partial charge on any atom is -0.490 e. The fourth-order valence-corrected chi connectivity index (χ4v) is 4.73. The van der Waals surface area contributed by atoms with Crippen LogP contribution in [0.3, 0.4) is 0 Å². The van der Waals surface area contributed by atoms with Crippen LogP contribution < -0.4 is 19.1 Å². The average Bonchev–Trinajstić information content (AvgIpc) is 3.08. The molecule has 2 aromatic rings. The second-order valence-corrected chi connectivity index (χ2v) is 8.70. The smallest absolute Gasteiger partial charge is 0.248 e. The SMILES string of the molecule is CCOc1ccc(NC(=O)/C=C/c2ccc(N3CCCS3(=O)=O)cc2)cc1OCC. The maximum absolute atomic E-state index is 12.3. The Morgan fingerprint density at radius 2 is 1.77 bits per heavy atom. The second kappa shape index (κ2) is 9.67. The lowest BCUT2D eigenvalue weighted by Crippen LogP contribution is -2.24. The molecule has 1 aliphatic rings. The maximum atomic E-state index is 12.3. The summed E-state index contributed by atoms with van der Waals surface area (Å²) < 4.78 is 36.5. The van der Waals surface area contributed by atoms with E-state index in [1.165, 1.54) is 10.4 Å². The van der Waals surface area contributed by atoms with Crippen LogP contribution in [-0.4, -0.2) is 39.8 Å². The number of hydrogen-bond acceptors (Lipinski definition) is 5. The molecule has 0 bridgehead atoms. The highest BCUT2D eigenvalue weighted by Crippen LogP contribution is 2.30. The third-order valence-corrected chi connectivity index (χ3v) is 6.39. The summed E-state index contributed by atoms with van der Waals surface area (Å²) in [7, 11) is -3.20. The van der Waals surface area contributed by atoms with Crippen molar-refractivity contribution in [1.29, 1.82) is 0 Å². The molecular weight excluding hydrogens is 404 g/mol. The van der Waals surface area contributed by atoms with E-state index in [4.69, 9.17) is 9.47 Å². The van der Waals surface area contributed by atoms with Crippen LogP contribution in [-0.2, 0) is 14.8 Å². The monoisotopic (exact) mass is 430 g/mol. The summed E-state index contributed by atoms with van der Waals surface area (Å²) in [4.78, 5) is 12.3. The van der Waals surface area contributed by atoms with Crippen LogP contribution in [0.15, 0.2) is 48.5 Å². The van der Waals surface area contributed by atoms with Crippen LogP contribution in [0.1, 0.15) is 25.8 Å². The number of nitrogens with zero attached hydrogens (tertiary/aromatic N) is 1. The minimum absolute atomic E-state index is 0.186. The second-order valence-electron chi connectivity index (χ2n) is 6.68. The molecule has 7 nitrogen and oxygen atoms in total. The van der Waals surface area contributed by atoms with E-state index in [1.807, 2.05) is 13.8 Å². The van der Waals surface area contributed by atoms with Gasteiger partial charge in [0.1, 0.15) is 0 Å². The van der Waals surface area contributed by atoms with Crippen molar-refractivity contribution in [3.63, 3.8) is 0 Å². The van der Waals surface area contributed by atoms with Gasteiger partial charge in [-0.3, -0.25) is 9.10 Å². The quantitative estimate of drug-likeness (QED) is 0.646. The number of sulfonamides is 1. The van der Waals surface area contributed by atoms with Crippen molar-refractivity contribution in [2.45, 2.75) is 20.3 Å². The van der Waals surface area contributed by atoms with Crippen molar-refractivity contribution in [2.75, 3.05) is 35.1 Å². The zero-order valence-electron chi connectivity index (χ0n) is 17.1. The molecule has 30 heavy (non-hydrogen) atoms. The minimum atomic E-state index is -3.20. The molecule has 0 atom stereocenters. The first-order chi connectivity index (χ1) is 14.4. The van der Waals surface area contributed by atoms with E-state index in [1.54, 1.807) is 48.5 Å². The van der Waals surface area contributed by atoms with Crippen LogP contribution in [0.25, 0.3) is 6.08 Å². The lowest BCUT2D eigenvalue weighted by Gasteiger charge is -2.16. The Kier molecular flexibility index (Phi) is 6.99. The van der Waals surface area contributed by atoms with Gasteiger partial charge in [0.25, 0.3) is 0 Å². The molecule has 1 saturated heterocycles. The molecule has 1 amide bonds. The van der Waals surface area contributed by atoms with Crippen LogP contribution in [0, 0.1) is 0 Å². The molecule has 1 N–H and O–H groups in total. The number of rotatable bonds is 8. The first-order valence-electron chi connectivity index (χ1n) is 9.92. The van der Waals surface area contributed by atoms with Crippen LogP contribution in [0.4, 0.5) is 11.4 Å². The van der Waals surface area contributed by atoms with E-state index in [2.05, 4.69) is 5.32 Å². The predicted molar refractivity (Wildman–Crippen MR) is 119 cm³/mol. The van der Waals surface area contributed by atoms with Crippen molar-refractivity contribution in [3.05, 3.63) is 54.1 Å². The van der Waals surface area contributed by atoms with Gasteiger partial charge in [0.2, 0.25) is 15.9 Å². The van der Waals surface area contributed by atoms with Crippen molar-refractivity contribution < 1.29 is 22.7 Å². The van der Waals surface area contributed by atoms with Gasteiger partial charge in [0.05, 0.1) is 24.7 Å². The number of carbonyl (C=O) groups is 1. The first-order valence-corrected chi connectivity index (χ1v) is 11.5. The van der Waals surface area contributed by atoms with Gasteiger partial charge in [-0.2, -0.15) is 0 Å².